The van der Waals surface area contributed by atoms with Crippen LogP contribution in [0.4, 0.5) is 0 Å². The van der Waals surface area contributed by atoms with Crippen molar-refractivity contribution in [1.82, 2.24) is 9.88 Å². The Balaban J connectivity index is 1.91. The number of aryl methyl sites for hydroxylation is 1. The van der Waals surface area contributed by atoms with Crippen molar-refractivity contribution in [3.63, 3.8) is 0 Å². The van der Waals surface area contributed by atoms with E-state index in [1.807, 2.05) is 4.90 Å². The van der Waals surface area contributed by atoms with Crippen LogP contribution >= 0.6 is 11.3 Å². The summed E-state index contributed by atoms with van der Waals surface area (Å²) in [6.45, 7) is 6.71. The van der Waals surface area contributed by atoms with E-state index in [4.69, 9.17) is 0 Å². The number of thiazole rings is 1. The van der Waals surface area contributed by atoms with Gasteiger partial charge in [-0.15, -0.1) is 11.3 Å². The zero-order valence-electron chi connectivity index (χ0n) is 14.5. The number of carbonyl (C=O) groups is 1. The quantitative estimate of drug-likeness (QED) is 0.909. The molecule has 1 N–H and O–H groups in total. The predicted molar refractivity (Wildman–Crippen MR) is 96.3 cm³/mol. The van der Waals surface area contributed by atoms with Gasteiger partial charge in [0.25, 0.3) is 5.91 Å². The van der Waals surface area contributed by atoms with E-state index in [2.05, 4.69) is 37.0 Å². The second kappa shape index (κ2) is 7.03. The first kappa shape index (κ1) is 17.1. The molecule has 0 saturated carbocycles. The Morgan fingerprint density at radius 3 is 2.88 bits per heavy atom. The molecule has 2 atom stereocenters. The molecule has 1 aromatic carbocycles. The van der Waals surface area contributed by atoms with Gasteiger partial charge in [-0.3, -0.25) is 4.79 Å². The van der Waals surface area contributed by atoms with Crippen molar-refractivity contribution >= 4 is 17.2 Å². The summed E-state index contributed by atoms with van der Waals surface area (Å²) < 4.78 is 0. The smallest absolute Gasteiger partial charge is 0.266 e. The number of aliphatic hydroxyl groups is 1. The highest BCUT2D eigenvalue weighted by atomic mass is 32.1. The normalized spacial score (nSPS) is 19.3. The van der Waals surface area contributed by atoms with E-state index in [0.717, 1.165) is 25.8 Å². The Morgan fingerprint density at radius 1 is 1.38 bits per heavy atom. The number of benzene rings is 1. The van der Waals surface area contributed by atoms with Crippen LogP contribution < -0.4 is 0 Å². The summed E-state index contributed by atoms with van der Waals surface area (Å²) in [5.41, 5.74) is 3.79. The van der Waals surface area contributed by atoms with E-state index in [0.29, 0.717) is 9.88 Å². The van der Waals surface area contributed by atoms with Crippen LogP contribution in [0.3, 0.4) is 0 Å². The van der Waals surface area contributed by atoms with E-state index in [9.17, 15) is 9.90 Å². The first-order chi connectivity index (χ1) is 11.5. The lowest BCUT2D eigenvalue weighted by atomic mass is 9.90. The van der Waals surface area contributed by atoms with Crippen LogP contribution in [-0.4, -0.2) is 27.4 Å². The summed E-state index contributed by atoms with van der Waals surface area (Å²) in [5.74, 6) is 0.0324. The van der Waals surface area contributed by atoms with Crippen LogP contribution in [0.25, 0.3) is 0 Å². The third-order valence-corrected chi connectivity index (χ3v) is 6.02. The van der Waals surface area contributed by atoms with Crippen molar-refractivity contribution in [3.05, 3.63) is 51.0 Å². The topological polar surface area (TPSA) is 53.4 Å². The molecular weight excluding hydrogens is 320 g/mol. The second-order valence-electron chi connectivity index (χ2n) is 6.54. The average molecular weight is 344 g/mol. The number of likely N-dealkylation sites (tertiary alicyclic amines) is 1. The van der Waals surface area contributed by atoms with Crippen LogP contribution in [0.5, 0.6) is 0 Å². The highest BCUT2D eigenvalue weighted by molar-refractivity contribution is 7.13. The third kappa shape index (κ3) is 3.23. The number of hydrogen-bond acceptors (Lipinski definition) is 4. The molecule has 24 heavy (non-hydrogen) atoms. The number of piperidine rings is 1. The lowest BCUT2D eigenvalue weighted by molar-refractivity contribution is 0.0615. The molecule has 0 bridgehead atoms. The van der Waals surface area contributed by atoms with E-state index in [1.165, 1.54) is 28.0 Å². The summed E-state index contributed by atoms with van der Waals surface area (Å²) in [5, 5.41) is 10.2. The van der Waals surface area contributed by atoms with Gasteiger partial charge in [0.05, 0.1) is 12.2 Å². The minimum atomic E-state index is -0.632. The van der Waals surface area contributed by atoms with Gasteiger partial charge in [0.15, 0.2) is 0 Å². The van der Waals surface area contributed by atoms with Gasteiger partial charge in [-0.2, -0.15) is 0 Å². The van der Waals surface area contributed by atoms with Crippen molar-refractivity contribution in [2.24, 2.45) is 0 Å². The molecule has 128 valence electrons. The lowest BCUT2D eigenvalue weighted by Gasteiger charge is -2.36. The fourth-order valence-corrected chi connectivity index (χ4v) is 4.17. The van der Waals surface area contributed by atoms with Crippen molar-refractivity contribution in [2.45, 2.75) is 52.2 Å². The molecule has 1 aliphatic rings. The predicted octanol–water partition coefficient (Wildman–Crippen LogP) is 4.18. The van der Waals surface area contributed by atoms with Gasteiger partial charge in [0.2, 0.25) is 0 Å². The number of aromatic nitrogens is 1. The van der Waals surface area contributed by atoms with Crippen LogP contribution in [0.2, 0.25) is 0 Å². The van der Waals surface area contributed by atoms with Crippen LogP contribution in [0.15, 0.2) is 24.4 Å². The largest absolute Gasteiger partial charge is 0.386 e. The number of nitrogens with zero attached hydrogens (tertiary/aromatic N) is 2. The summed E-state index contributed by atoms with van der Waals surface area (Å²) >= 11 is 1.29. The Hall–Kier alpha value is -1.72. The first-order valence-corrected chi connectivity index (χ1v) is 9.31. The van der Waals surface area contributed by atoms with Crippen molar-refractivity contribution in [1.29, 1.82) is 0 Å². The van der Waals surface area contributed by atoms with E-state index < -0.39 is 6.10 Å². The fraction of sp³-hybridized carbons (Fsp3) is 0.474. The number of rotatable bonds is 3. The van der Waals surface area contributed by atoms with Gasteiger partial charge < -0.3 is 10.0 Å². The Bertz CT molecular complexity index is 739. The number of hydrogen-bond donors (Lipinski definition) is 1. The molecule has 1 aliphatic heterocycles. The monoisotopic (exact) mass is 344 g/mol. The first-order valence-electron chi connectivity index (χ1n) is 8.50. The van der Waals surface area contributed by atoms with Gasteiger partial charge in [0.1, 0.15) is 16.0 Å². The molecule has 2 aromatic rings. The van der Waals surface area contributed by atoms with Crippen LogP contribution in [0.1, 0.15) is 69.7 Å². The number of amides is 1. The Labute approximate surface area is 147 Å². The van der Waals surface area contributed by atoms with Crippen LogP contribution in [-0.2, 0) is 0 Å². The Morgan fingerprint density at radius 2 is 2.17 bits per heavy atom. The molecule has 3 rings (SSSR count). The molecule has 2 heterocycles. The van der Waals surface area contributed by atoms with E-state index in [1.54, 1.807) is 13.1 Å². The minimum absolute atomic E-state index is 0.0324. The lowest BCUT2D eigenvalue weighted by Crippen LogP contribution is -2.38. The summed E-state index contributed by atoms with van der Waals surface area (Å²) in [4.78, 5) is 19.8. The Kier molecular flexibility index (Phi) is 5.01. The SMILES string of the molecule is Cc1cccc(C2CCCCN2C(=O)c2cnc(C(C)O)s2)c1C. The van der Waals surface area contributed by atoms with Gasteiger partial charge in [-0.25, -0.2) is 4.98 Å². The number of carbonyl (C=O) groups excluding carboxylic acids is 1. The third-order valence-electron chi connectivity index (χ3n) is 4.86. The standard InChI is InChI=1S/C19H24N2O2S/c1-12-7-6-8-15(13(12)2)16-9-4-5-10-21(16)19(23)17-11-20-18(24-17)14(3)22/h6-8,11,14,16,22H,4-5,9-10H2,1-3H3. The van der Waals surface area contributed by atoms with E-state index >= 15 is 0 Å². The van der Waals surface area contributed by atoms with Crippen LogP contribution in [0, 0.1) is 13.8 Å². The van der Waals surface area contributed by atoms with E-state index in [-0.39, 0.29) is 11.9 Å². The zero-order chi connectivity index (χ0) is 17.3. The van der Waals surface area contributed by atoms with Gasteiger partial charge in [-0.05, 0) is 56.7 Å². The van der Waals surface area contributed by atoms with Crippen molar-refractivity contribution in [2.75, 3.05) is 6.54 Å². The maximum atomic E-state index is 13.0. The molecule has 0 aliphatic carbocycles. The molecular formula is C19H24N2O2S. The number of aliphatic hydroxyl groups excluding tert-OH is 1. The summed E-state index contributed by atoms with van der Waals surface area (Å²) in [6, 6.07) is 6.47. The minimum Gasteiger partial charge on any atom is -0.386 e. The molecule has 4 nitrogen and oxygen atoms in total. The van der Waals surface area contributed by atoms with Crippen molar-refractivity contribution < 1.29 is 9.90 Å². The summed E-state index contributed by atoms with van der Waals surface area (Å²) in [7, 11) is 0. The molecule has 0 radical (unpaired) electrons. The highest BCUT2D eigenvalue weighted by Crippen LogP contribution is 2.35. The maximum Gasteiger partial charge on any atom is 0.266 e. The molecule has 0 spiro atoms. The molecule has 1 amide bonds. The fourth-order valence-electron chi connectivity index (χ4n) is 3.35. The molecule has 1 aromatic heterocycles. The molecule has 1 fully saturated rings. The van der Waals surface area contributed by atoms with Gasteiger partial charge >= 0.3 is 0 Å². The molecule has 2 unspecified atom stereocenters. The van der Waals surface area contributed by atoms with Gasteiger partial charge in [0, 0.05) is 6.54 Å². The zero-order valence-corrected chi connectivity index (χ0v) is 15.3. The average Bonchev–Trinajstić information content (AvgIpc) is 3.07. The second-order valence-corrected chi connectivity index (χ2v) is 7.60. The molecule has 1 saturated heterocycles. The highest BCUT2D eigenvalue weighted by Gasteiger charge is 2.30. The van der Waals surface area contributed by atoms with Gasteiger partial charge in [-0.1, -0.05) is 18.2 Å². The van der Waals surface area contributed by atoms with Crippen molar-refractivity contribution in [3.8, 4) is 0 Å². The summed E-state index contributed by atoms with van der Waals surface area (Å²) in [6.07, 6.45) is 4.15. The molecule has 5 heteroatoms. The maximum absolute atomic E-state index is 13.0.